The lowest BCUT2D eigenvalue weighted by Gasteiger charge is -2.25. The van der Waals surface area contributed by atoms with Gasteiger partial charge in [0.15, 0.2) is 0 Å². The highest BCUT2D eigenvalue weighted by Crippen LogP contribution is 2.27. The van der Waals surface area contributed by atoms with Crippen LogP contribution in [0.5, 0.6) is 0 Å². The van der Waals surface area contributed by atoms with Crippen molar-refractivity contribution in [2.45, 2.75) is 25.8 Å². The maximum Gasteiger partial charge on any atom is 0.242 e. The molecule has 94 valence electrons. The largest absolute Gasteiger partial charge is 0.360 e. The Balaban J connectivity index is 2.28. The van der Waals surface area contributed by atoms with E-state index in [4.69, 9.17) is 5.26 Å². The molecule has 1 aromatic carbocycles. The van der Waals surface area contributed by atoms with Gasteiger partial charge in [-0.3, -0.25) is 4.79 Å². The molecule has 1 aliphatic rings. The maximum atomic E-state index is 11.8. The van der Waals surface area contributed by atoms with Gasteiger partial charge in [0.25, 0.3) is 0 Å². The number of nitriles is 1. The van der Waals surface area contributed by atoms with E-state index in [1.807, 2.05) is 25.1 Å². The number of nitrogens with zero attached hydrogens (tertiary/aromatic N) is 2. The van der Waals surface area contributed by atoms with Crippen LogP contribution in [0.4, 0.5) is 5.69 Å². The molecule has 1 amide bonds. The molecule has 1 saturated heterocycles. The second-order valence-electron chi connectivity index (χ2n) is 4.58. The van der Waals surface area contributed by atoms with Gasteiger partial charge in [0, 0.05) is 19.3 Å². The molecule has 0 saturated carbocycles. The third kappa shape index (κ3) is 2.17. The zero-order valence-electron chi connectivity index (χ0n) is 10.7. The van der Waals surface area contributed by atoms with Gasteiger partial charge in [-0.05, 0) is 43.5 Å². The Labute approximate surface area is 107 Å². The molecule has 1 aromatic rings. The quantitative estimate of drug-likeness (QED) is 0.858. The van der Waals surface area contributed by atoms with Crippen LogP contribution in [0.1, 0.15) is 24.0 Å². The van der Waals surface area contributed by atoms with Gasteiger partial charge in [-0.25, -0.2) is 0 Å². The number of carbonyl (C=O) groups excluding carboxylic acids is 1. The first-order chi connectivity index (χ1) is 8.67. The second-order valence-corrected chi connectivity index (χ2v) is 4.58. The average Bonchev–Trinajstić information content (AvgIpc) is 2.86. The summed E-state index contributed by atoms with van der Waals surface area (Å²) < 4.78 is 0. The van der Waals surface area contributed by atoms with Gasteiger partial charge in [0.05, 0.1) is 11.6 Å². The Morgan fingerprint density at radius 2 is 2.33 bits per heavy atom. The molecule has 2 rings (SSSR count). The van der Waals surface area contributed by atoms with E-state index in [1.165, 1.54) is 0 Å². The number of benzene rings is 1. The summed E-state index contributed by atoms with van der Waals surface area (Å²) in [4.78, 5) is 13.9. The minimum Gasteiger partial charge on any atom is -0.360 e. The van der Waals surface area contributed by atoms with Crippen LogP contribution in [-0.4, -0.2) is 25.5 Å². The number of anilines is 1. The standard InChI is InChI=1S/C14H17N3O/c1-10-8-12(6-5-11(10)9-15)17-7-3-4-13(17)14(18)16-2/h5-6,8,13H,3-4,7H2,1-2H3,(H,16,18). The van der Waals surface area contributed by atoms with Crippen molar-refractivity contribution >= 4 is 11.6 Å². The first kappa shape index (κ1) is 12.4. The number of hydrogen-bond acceptors (Lipinski definition) is 3. The molecule has 0 aliphatic carbocycles. The molecule has 4 heteroatoms. The van der Waals surface area contributed by atoms with Crippen LogP contribution < -0.4 is 10.2 Å². The SMILES string of the molecule is CNC(=O)C1CCCN1c1ccc(C#N)c(C)c1. The Hall–Kier alpha value is -2.02. The second kappa shape index (κ2) is 5.09. The summed E-state index contributed by atoms with van der Waals surface area (Å²) in [6, 6.07) is 7.81. The van der Waals surface area contributed by atoms with Crippen molar-refractivity contribution in [1.29, 1.82) is 5.26 Å². The Morgan fingerprint density at radius 1 is 1.56 bits per heavy atom. The zero-order chi connectivity index (χ0) is 13.1. The molecule has 1 fully saturated rings. The summed E-state index contributed by atoms with van der Waals surface area (Å²) in [5.41, 5.74) is 2.67. The van der Waals surface area contributed by atoms with E-state index in [0.29, 0.717) is 5.56 Å². The minimum atomic E-state index is -0.0812. The van der Waals surface area contributed by atoms with Crippen LogP contribution in [0, 0.1) is 18.3 Å². The molecule has 1 heterocycles. The van der Waals surface area contributed by atoms with Crippen molar-refractivity contribution in [2.75, 3.05) is 18.5 Å². The van der Waals surface area contributed by atoms with E-state index in [-0.39, 0.29) is 11.9 Å². The third-order valence-corrected chi connectivity index (χ3v) is 3.46. The summed E-state index contributed by atoms with van der Waals surface area (Å²) in [6.07, 6.45) is 1.91. The summed E-state index contributed by atoms with van der Waals surface area (Å²) in [5.74, 6) is 0.0644. The normalized spacial score (nSPS) is 18.5. The summed E-state index contributed by atoms with van der Waals surface area (Å²) >= 11 is 0. The lowest BCUT2D eigenvalue weighted by atomic mass is 10.1. The maximum absolute atomic E-state index is 11.8. The Bertz CT molecular complexity index is 504. The van der Waals surface area contributed by atoms with Crippen molar-refractivity contribution in [1.82, 2.24) is 5.32 Å². The Morgan fingerprint density at radius 3 is 2.94 bits per heavy atom. The lowest BCUT2D eigenvalue weighted by molar-refractivity contribution is -0.121. The highest BCUT2D eigenvalue weighted by atomic mass is 16.2. The number of carbonyl (C=O) groups is 1. The zero-order valence-corrected chi connectivity index (χ0v) is 10.7. The number of rotatable bonds is 2. The summed E-state index contributed by atoms with van der Waals surface area (Å²) in [5, 5.41) is 11.6. The molecule has 0 bridgehead atoms. The van der Waals surface area contributed by atoms with Gasteiger partial charge in [-0.15, -0.1) is 0 Å². The first-order valence-corrected chi connectivity index (χ1v) is 6.16. The highest BCUT2D eigenvalue weighted by molar-refractivity contribution is 5.85. The molecular formula is C14H17N3O. The van der Waals surface area contributed by atoms with Crippen LogP contribution in [0.15, 0.2) is 18.2 Å². The van der Waals surface area contributed by atoms with Gasteiger partial charge in [0.2, 0.25) is 5.91 Å². The van der Waals surface area contributed by atoms with Gasteiger partial charge in [-0.2, -0.15) is 5.26 Å². The summed E-state index contributed by atoms with van der Waals surface area (Å²) in [7, 11) is 1.67. The molecule has 0 spiro atoms. The fourth-order valence-electron chi connectivity index (χ4n) is 2.47. The van der Waals surface area contributed by atoms with Crippen LogP contribution in [0.25, 0.3) is 0 Å². The van der Waals surface area contributed by atoms with E-state index in [1.54, 1.807) is 7.05 Å². The highest BCUT2D eigenvalue weighted by Gasteiger charge is 2.30. The fraction of sp³-hybridized carbons (Fsp3) is 0.429. The lowest BCUT2D eigenvalue weighted by Crippen LogP contribution is -2.42. The number of nitrogens with one attached hydrogen (secondary N) is 1. The monoisotopic (exact) mass is 243 g/mol. The molecule has 0 radical (unpaired) electrons. The third-order valence-electron chi connectivity index (χ3n) is 3.46. The first-order valence-electron chi connectivity index (χ1n) is 6.16. The van der Waals surface area contributed by atoms with Crippen LogP contribution in [0.2, 0.25) is 0 Å². The van der Waals surface area contributed by atoms with Gasteiger partial charge in [-0.1, -0.05) is 0 Å². The Kier molecular flexibility index (Phi) is 3.52. The number of amides is 1. The molecule has 4 nitrogen and oxygen atoms in total. The molecule has 1 unspecified atom stereocenters. The van der Waals surface area contributed by atoms with E-state index in [0.717, 1.165) is 30.6 Å². The van der Waals surface area contributed by atoms with E-state index in [2.05, 4.69) is 16.3 Å². The molecule has 1 aliphatic heterocycles. The average molecular weight is 243 g/mol. The molecule has 1 atom stereocenters. The van der Waals surface area contributed by atoms with Crippen molar-refractivity contribution in [2.24, 2.45) is 0 Å². The van der Waals surface area contributed by atoms with Gasteiger partial charge < -0.3 is 10.2 Å². The minimum absolute atomic E-state index is 0.0644. The van der Waals surface area contributed by atoms with Crippen LogP contribution in [-0.2, 0) is 4.79 Å². The van der Waals surface area contributed by atoms with Crippen molar-refractivity contribution in [3.8, 4) is 6.07 Å². The van der Waals surface area contributed by atoms with Crippen molar-refractivity contribution in [3.05, 3.63) is 29.3 Å². The topological polar surface area (TPSA) is 56.1 Å². The summed E-state index contributed by atoms with van der Waals surface area (Å²) in [6.45, 7) is 2.82. The molecule has 0 aromatic heterocycles. The number of likely N-dealkylation sites (N-methyl/N-ethyl adjacent to an activating group) is 1. The van der Waals surface area contributed by atoms with Gasteiger partial charge >= 0.3 is 0 Å². The predicted octanol–water partition coefficient (Wildman–Crippen LogP) is 1.58. The van der Waals surface area contributed by atoms with E-state index < -0.39 is 0 Å². The molecule has 1 N–H and O–H groups in total. The number of aryl methyl sites for hydroxylation is 1. The van der Waals surface area contributed by atoms with Gasteiger partial charge in [0.1, 0.15) is 6.04 Å². The van der Waals surface area contributed by atoms with E-state index >= 15 is 0 Å². The molecular weight excluding hydrogens is 226 g/mol. The van der Waals surface area contributed by atoms with Crippen molar-refractivity contribution < 1.29 is 4.79 Å². The smallest absolute Gasteiger partial charge is 0.242 e. The van der Waals surface area contributed by atoms with E-state index in [9.17, 15) is 4.79 Å². The van der Waals surface area contributed by atoms with Crippen molar-refractivity contribution in [3.63, 3.8) is 0 Å². The van der Waals surface area contributed by atoms with Crippen LogP contribution in [0.3, 0.4) is 0 Å². The fourth-order valence-corrected chi connectivity index (χ4v) is 2.47. The predicted molar refractivity (Wildman–Crippen MR) is 70.3 cm³/mol. The molecule has 18 heavy (non-hydrogen) atoms. The van der Waals surface area contributed by atoms with Crippen LogP contribution >= 0.6 is 0 Å². The number of hydrogen-bond donors (Lipinski definition) is 1.